The molecule has 7 heteroatoms. The van der Waals surface area contributed by atoms with Gasteiger partial charge in [0.1, 0.15) is 0 Å². The van der Waals surface area contributed by atoms with Gasteiger partial charge in [0.15, 0.2) is 0 Å². The van der Waals surface area contributed by atoms with Crippen LogP contribution in [-0.4, -0.2) is 29.7 Å². The molecule has 0 saturated heterocycles. The average Bonchev–Trinajstić information content (AvgIpc) is 2.62. The lowest BCUT2D eigenvalue weighted by Crippen LogP contribution is -2.37. The van der Waals surface area contributed by atoms with Crippen LogP contribution in [-0.2, 0) is 9.59 Å². The summed E-state index contributed by atoms with van der Waals surface area (Å²) in [6.45, 7) is 1.79. The Hall–Kier alpha value is -2.02. The van der Waals surface area contributed by atoms with Gasteiger partial charge in [-0.05, 0) is 48.6 Å². The molecular weight excluding hydrogens is 360 g/mol. The van der Waals surface area contributed by atoms with Gasteiger partial charge in [0, 0.05) is 22.2 Å². The molecule has 3 N–H and O–H groups in total. The van der Waals surface area contributed by atoms with Crippen molar-refractivity contribution >= 4 is 40.9 Å². The minimum Gasteiger partial charge on any atom is -0.387 e. The molecule has 0 radical (unpaired) electrons. The number of aliphatic hydroxyl groups excluding tert-OH is 1. The third-order valence-corrected chi connectivity index (χ3v) is 4.74. The summed E-state index contributed by atoms with van der Waals surface area (Å²) in [5.74, 6) is -1.64. The molecule has 2 aromatic carbocycles. The Labute approximate surface area is 155 Å². The Morgan fingerprint density at radius 2 is 1.84 bits per heavy atom. The van der Waals surface area contributed by atoms with Crippen molar-refractivity contribution in [2.45, 2.75) is 17.9 Å². The second-order valence-corrected chi connectivity index (χ2v) is 6.70. The number of benzene rings is 2. The molecule has 0 aliphatic rings. The van der Waals surface area contributed by atoms with Gasteiger partial charge < -0.3 is 15.7 Å². The molecule has 0 spiro atoms. The van der Waals surface area contributed by atoms with E-state index < -0.39 is 17.9 Å². The van der Waals surface area contributed by atoms with Gasteiger partial charge in [-0.1, -0.05) is 29.8 Å². The lowest BCUT2D eigenvalue weighted by atomic mass is 10.1. The van der Waals surface area contributed by atoms with Crippen LogP contribution >= 0.6 is 23.4 Å². The van der Waals surface area contributed by atoms with Gasteiger partial charge in [-0.2, -0.15) is 0 Å². The second kappa shape index (κ2) is 8.89. The van der Waals surface area contributed by atoms with Crippen molar-refractivity contribution in [1.29, 1.82) is 0 Å². The number of amides is 2. The first-order valence-corrected chi connectivity index (χ1v) is 9.18. The SMILES string of the molecule is CSc1ccc([C@@H](O)CNC(=O)C(=O)Nc2ccc(C)c(Cl)c2)cc1. The van der Waals surface area contributed by atoms with E-state index in [1.54, 1.807) is 42.1 Å². The molecule has 0 unspecified atom stereocenters. The number of thioether (sulfide) groups is 1. The van der Waals surface area contributed by atoms with Crippen LogP contribution in [0.2, 0.25) is 5.02 Å². The summed E-state index contributed by atoms with van der Waals surface area (Å²) in [7, 11) is 0. The van der Waals surface area contributed by atoms with E-state index in [1.807, 2.05) is 25.3 Å². The first kappa shape index (κ1) is 19.3. The van der Waals surface area contributed by atoms with Crippen LogP contribution in [0, 0.1) is 6.92 Å². The van der Waals surface area contributed by atoms with Gasteiger partial charge in [-0.25, -0.2) is 0 Å². The minimum atomic E-state index is -0.888. The monoisotopic (exact) mass is 378 g/mol. The fraction of sp³-hybridized carbons (Fsp3) is 0.222. The number of nitrogens with one attached hydrogen (secondary N) is 2. The highest BCUT2D eigenvalue weighted by Crippen LogP contribution is 2.20. The van der Waals surface area contributed by atoms with Crippen molar-refractivity contribution in [3.8, 4) is 0 Å². The van der Waals surface area contributed by atoms with E-state index >= 15 is 0 Å². The zero-order chi connectivity index (χ0) is 18.4. The molecular formula is C18H19ClN2O3S. The van der Waals surface area contributed by atoms with Crippen LogP contribution in [0.3, 0.4) is 0 Å². The molecule has 0 bridgehead atoms. The van der Waals surface area contributed by atoms with E-state index in [4.69, 9.17) is 11.6 Å². The van der Waals surface area contributed by atoms with Crippen LogP contribution in [0.5, 0.6) is 0 Å². The average molecular weight is 379 g/mol. The first-order chi connectivity index (χ1) is 11.9. The second-order valence-electron chi connectivity index (χ2n) is 5.42. The Morgan fingerprint density at radius 1 is 1.16 bits per heavy atom. The molecule has 2 rings (SSSR count). The molecule has 0 fully saturated rings. The summed E-state index contributed by atoms with van der Waals surface area (Å²) < 4.78 is 0. The van der Waals surface area contributed by atoms with Crippen LogP contribution in [0.4, 0.5) is 5.69 Å². The fourth-order valence-corrected chi connectivity index (χ4v) is 2.66. The number of rotatable bonds is 5. The third kappa shape index (κ3) is 5.49. The van der Waals surface area contributed by atoms with Crippen molar-refractivity contribution in [3.63, 3.8) is 0 Å². The number of halogens is 1. The van der Waals surface area contributed by atoms with Gasteiger partial charge in [0.2, 0.25) is 0 Å². The normalized spacial score (nSPS) is 11.7. The minimum absolute atomic E-state index is 0.0560. The number of anilines is 1. The van der Waals surface area contributed by atoms with Crippen LogP contribution in [0.1, 0.15) is 17.2 Å². The molecule has 0 aliphatic carbocycles. The van der Waals surface area contributed by atoms with Gasteiger partial charge in [0.25, 0.3) is 0 Å². The molecule has 2 amide bonds. The predicted molar refractivity (Wildman–Crippen MR) is 101 cm³/mol. The van der Waals surface area contributed by atoms with E-state index in [0.717, 1.165) is 10.5 Å². The van der Waals surface area contributed by atoms with Gasteiger partial charge in [-0.15, -0.1) is 11.8 Å². The van der Waals surface area contributed by atoms with Crippen molar-refractivity contribution < 1.29 is 14.7 Å². The number of hydrogen-bond acceptors (Lipinski definition) is 4. The number of aryl methyl sites for hydroxylation is 1. The zero-order valence-electron chi connectivity index (χ0n) is 13.9. The number of carbonyl (C=O) groups is 2. The smallest absolute Gasteiger partial charge is 0.313 e. The quantitative estimate of drug-likeness (QED) is 0.551. The van der Waals surface area contributed by atoms with Crippen molar-refractivity contribution in [2.75, 3.05) is 18.1 Å². The standard InChI is InChI=1S/C18H19ClN2O3S/c1-11-3-6-13(9-15(11)19)21-18(24)17(23)20-10-16(22)12-4-7-14(25-2)8-5-12/h3-9,16,22H,10H2,1-2H3,(H,20,23)(H,21,24)/t16-/m0/s1. The molecule has 0 saturated carbocycles. The van der Waals surface area contributed by atoms with E-state index in [1.165, 1.54) is 0 Å². The van der Waals surface area contributed by atoms with Crippen LogP contribution in [0.25, 0.3) is 0 Å². The summed E-state index contributed by atoms with van der Waals surface area (Å²) in [6.07, 6.45) is 1.08. The molecule has 2 aromatic rings. The Balaban J connectivity index is 1.87. The Morgan fingerprint density at radius 3 is 2.44 bits per heavy atom. The molecule has 0 aromatic heterocycles. The van der Waals surface area contributed by atoms with Crippen LogP contribution < -0.4 is 10.6 Å². The summed E-state index contributed by atoms with van der Waals surface area (Å²) >= 11 is 7.58. The van der Waals surface area contributed by atoms with Crippen molar-refractivity contribution in [1.82, 2.24) is 5.32 Å². The highest BCUT2D eigenvalue weighted by Gasteiger charge is 2.16. The summed E-state index contributed by atoms with van der Waals surface area (Å²) in [4.78, 5) is 24.8. The van der Waals surface area contributed by atoms with E-state index in [-0.39, 0.29) is 6.54 Å². The fourth-order valence-electron chi connectivity index (χ4n) is 2.07. The molecule has 5 nitrogen and oxygen atoms in total. The highest BCUT2D eigenvalue weighted by atomic mass is 35.5. The maximum absolute atomic E-state index is 11.9. The summed E-state index contributed by atoms with van der Waals surface area (Å²) in [6, 6.07) is 12.3. The molecule has 1 atom stereocenters. The zero-order valence-corrected chi connectivity index (χ0v) is 15.4. The lowest BCUT2D eigenvalue weighted by Gasteiger charge is -2.13. The van der Waals surface area contributed by atoms with Gasteiger partial charge >= 0.3 is 11.8 Å². The maximum Gasteiger partial charge on any atom is 0.313 e. The topological polar surface area (TPSA) is 78.4 Å². The Bertz CT molecular complexity index is 765. The van der Waals surface area contributed by atoms with Crippen LogP contribution in [0.15, 0.2) is 47.4 Å². The lowest BCUT2D eigenvalue weighted by molar-refractivity contribution is -0.136. The predicted octanol–water partition coefficient (Wildman–Crippen LogP) is 3.16. The number of hydrogen-bond donors (Lipinski definition) is 3. The maximum atomic E-state index is 11.9. The number of carbonyl (C=O) groups excluding carboxylic acids is 2. The van der Waals surface area contributed by atoms with Gasteiger partial charge in [0.05, 0.1) is 6.10 Å². The first-order valence-electron chi connectivity index (χ1n) is 7.58. The number of aliphatic hydroxyl groups is 1. The van der Waals surface area contributed by atoms with E-state index in [9.17, 15) is 14.7 Å². The highest BCUT2D eigenvalue weighted by molar-refractivity contribution is 7.98. The molecule has 25 heavy (non-hydrogen) atoms. The largest absolute Gasteiger partial charge is 0.387 e. The molecule has 0 aliphatic heterocycles. The Kier molecular flexibility index (Phi) is 6.87. The molecule has 0 heterocycles. The summed E-state index contributed by atoms with van der Waals surface area (Å²) in [5.41, 5.74) is 1.98. The van der Waals surface area contributed by atoms with Crippen molar-refractivity contribution in [2.24, 2.45) is 0 Å². The van der Waals surface area contributed by atoms with Gasteiger partial charge in [-0.3, -0.25) is 9.59 Å². The summed E-state index contributed by atoms with van der Waals surface area (Å²) in [5, 5.41) is 15.5. The van der Waals surface area contributed by atoms with Crippen molar-refractivity contribution in [3.05, 3.63) is 58.6 Å². The van der Waals surface area contributed by atoms with E-state index in [0.29, 0.717) is 16.3 Å². The molecule has 132 valence electrons. The van der Waals surface area contributed by atoms with E-state index in [2.05, 4.69) is 10.6 Å². The third-order valence-electron chi connectivity index (χ3n) is 3.59.